The Labute approximate surface area is 152 Å². The Morgan fingerprint density at radius 2 is 1.58 bits per heavy atom. The highest BCUT2D eigenvalue weighted by Gasteiger charge is 2.30. The molecule has 0 aromatic heterocycles. The first kappa shape index (κ1) is 17.6. The lowest BCUT2D eigenvalue weighted by Crippen LogP contribution is -2.52. The SMILES string of the molecule is O=C(Cc1ccc(Cl)c(Cl)c1)N1CCN(C(=O)C2CCCC2)CC1. The fourth-order valence-corrected chi connectivity index (χ4v) is 3.86. The maximum Gasteiger partial charge on any atom is 0.227 e. The van der Waals surface area contributed by atoms with E-state index >= 15 is 0 Å². The van der Waals surface area contributed by atoms with E-state index in [2.05, 4.69) is 0 Å². The normalized spacial score (nSPS) is 18.9. The van der Waals surface area contributed by atoms with Crippen molar-refractivity contribution in [2.24, 2.45) is 5.92 Å². The van der Waals surface area contributed by atoms with Crippen LogP contribution in [-0.2, 0) is 16.0 Å². The summed E-state index contributed by atoms with van der Waals surface area (Å²) in [4.78, 5) is 28.6. The van der Waals surface area contributed by atoms with E-state index < -0.39 is 0 Å². The highest BCUT2D eigenvalue weighted by atomic mass is 35.5. The number of carbonyl (C=O) groups excluding carboxylic acids is 2. The van der Waals surface area contributed by atoms with Gasteiger partial charge in [0.25, 0.3) is 0 Å². The third-order valence-electron chi connectivity index (χ3n) is 4.99. The number of hydrogen-bond acceptors (Lipinski definition) is 2. The number of amides is 2. The quantitative estimate of drug-likeness (QED) is 0.820. The molecule has 6 heteroatoms. The molecule has 0 atom stereocenters. The van der Waals surface area contributed by atoms with Crippen LogP contribution in [0.4, 0.5) is 0 Å². The Kier molecular flexibility index (Phi) is 5.67. The lowest BCUT2D eigenvalue weighted by atomic mass is 10.1. The molecule has 2 amide bonds. The molecule has 0 N–H and O–H groups in total. The zero-order valence-corrected chi connectivity index (χ0v) is 15.2. The van der Waals surface area contributed by atoms with Gasteiger partial charge in [-0.15, -0.1) is 0 Å². The molecule has 1 aromatic carbocycles. The minimum Gasteiger partial charge on any atom is -0.339 e. The van der Waals surface area contributed by atoms with Crippen LogP contribution >= 0.6 is 23.2 Å². The van der Waals surface area contributed by atoms with E-state index in [9.17, 15) is 9.59 Å². The van der Waals surface area contributed by atoms with E-state index in [1.165, 1.54) is 12.8 Å². The van der Waals surface area contributed by atoms with Crippen molar-refractivity contribution in [1.82, 2.24) is 9.80 Å². The van der Waals surface area contributed by atoms with Gasteiger partial charge in [0.05, 0.1) is 16.5 Å². The average Bonchev–Trinajstić information content (AvgIpc) is 3.12. The Balaban J connectivity index is 1.51. The first-order chi connectivity index (χ1) is 11.5. The Morgan fingerprint density at radius 3 is 2.21 bits per heavy atom. The third-order valence-corrected chi connectivity index (χ3v) is 5.73. The van der Waals surface area contributed by atoms with E-state index in [1.54, 1.807) is 12.1 Å². The smallest absolute Gasteiger partial charge is 0.227 e. The summed E-state index contributed by atoms with van der Waals surface area (Å²) < 4.78 is 0. The van der Waals surface area contributed by atoms with Crippen molar-refractivity contribution in [3.05, 3.63) is 33.8 Å². The third kappa shape index (κ3) is 4.04. The van der Waals surface area contributed by atoms with Crippen molar-refractivity contribution in [1.29, 1.82) is 0 Å². The highest BCUT2D eigenvalue weighted by Crippen LogP contribution is 2.27. The van der Waals surface area contributed by atoms with E-state index in [0.717, 1.165) is 18.4 Å². The molecule has 0 radical (unpaired) electrons. The van der Waals surface area contributed by atoms with Crippen LogP contribution in [0.15, 0.2) is 18.2 Å². The van der Waals surface area contributed by atoms with Gasteiger partial charge in [-0.25, -0.2) is 0 Å². The summed E-state index contributed by atoms with van der Waals surface area (Å²) in [7, 11) is 0. The summed E-state index contributed by atoms with van der Waals surface area (Å²) in [6.07, 6.45) is 4.69. The van der Waals surface area contributed by atoms with Gasteiger partial charge in [0, 0.05) is 32.1 Å². The second kappa shape index (κ2) is 7.75. The predicted octanol–water partition coefficient (Wildman–Crippen LogP) is 3.40. The standard InChI is InChI=1S/C18H22Cl2N2O2/c19-15-6-5-13(11-16(15)20)12-17(23)21-7-9-22(10-8-21)18(24)14-3-1-2-4-14/h5-6,11,14H,1-4,7-10,12H2. The minimum absolute atomic E-state index is 0.0707. The van der Waals surface area contributed by atoms with Gasteiger partial charge in [-0.1, -0.05) is 42.1 Å². The molecule has 1 heterocycles. The van der Waals surface area contributed by atoms with Gasteiger partial charge >= 0.3 is 0 Å². The van der Waals surface area contributed by atoms with Gasteiger partial charge < -0.3 is 9.80 Å². The molecule has 1 saturated carbocycles. The summed E-state index contributed by atoms with van der Waals surface area (Å²) in [5.41, 5.74) is 0.860. The van der Waals surface area contributed by atoms with Crippen LogP contribution < -0.4 is 0 Å². The van der Waals surface area contributed by atoms with Crippen molar-refractivity contribution in [3.8, 4) is 0 Å². The molecule has 0 bridgehead atoms. The summed E-state index contributed by atoms with van der Waals surface area (Å²) in [5, 5.41) is 0.959. The molecule has 2 fully saturated rings. The maximum atomic E-state index is 12.4. The Bertz CT molecular complexity index is 621. The van der Waals surface area contributed by atoms with Gasteiger partial charge in [0.1, 0.15) is 0 Å². The molecular weight excluding hydrogens is 347 g/mol. The van der Waals surface area contributed by atoms with Gasteiger partial charge in [-0.05, 0) is 30.5 Å². The molecule has 1 aliphatic carbocycles. The summed E-state index contributed by atoms with van der Waals surface area (Å²) >= 11 is 11.9. The first-order valence-electron chi connectivity index (χ1n) is 8.55. The second-order valence-corrected chi connectivity index (χ2v) is 7.43. The number of rotatable bonds is 3. The van der Waals surface area contributed by atoms with E-state index in [1.807, 2.05) is 15.9 Å². The molecular formula is C18H22Cl2N2O2. The molecule has 1 aromatic rings. The van der Waals surface area contributed by atoms with Crippen LogP contribution in [0.3, 0.4) is 0 Å². The molecule has 24 heavy (non-hydrogen) atoms. The molecule has 0 unspecified atom stereocenters. The molecule has 1 aliphatic heterocycles. The Hall–Kier alpha value is -1.26. The van der Waals surface area contributed by atoms with Gasteiger partial charge in [-0.3, -0.25) is 9.59 Å². The lowest BCUT2D eigenvalue weighted by Gasteiger charge is -2.36. The topological polar surface area (TPSA) is 40.6 Å². The molecule has 1 saturated heterocycles. The number of hydrogen-bond donors (Lipinski definition) is 0. The van der Waals surface area contributed by atoms with Crippen LogP contribution in [0.1, 0.15) is 31.2 Å². The summed E-state index contributed by atoms with van der Waals surface area (Å²) in [6, 6.07) is 5.28. The van der Waals surface area contributed by atoms with Gasteiger partial charge in [0.15, 0.2) is 0 Å². The van der Waals surface area contributed by atoms with Crippen molar-refractivity contribution in [2.75, 3.05) is 26.2 Å². The molecule has 130 valence electrons. The van der Waals surface area contributed by atoms with Gasteiger partial charge in [0.2, 0.25) is 11.8 Å². The molecule has 0 spiro atoms. The van der Waals surface area contributed by atoms with E-state index in [4.69, 9.17) is 23.2 Å². The highest BCUT2D eigenvalue weighted by molar-refractivity contribution is 6.42. The maximum absolute atomic E-state index is 12.4. The van der Waals surface area contributed by atoms with Crippen molar-refractivity contribution in [3.63, 3.8) is 0 Å². The molecule has 3 rings (SSSR count). The van der Waals surface area contributed by atoms with Crippen LogP contribution in [0.25, 0.3) is 0 Å². The number of carbonyl (C=O) groups is 2. The van der Waals surface area contributed by atoms with Crippen molar-refractivity contribution >= 4 is 35.0 Å². The fourth-order valence-electron chi connectivity index (χ4n) is 3.54. The van der Waals surface area contributed by atoms with E-state index in [-0.39, 0.29) is 17.7 Å². The van der Waals surface area contributed by atoms with Crippen LogP contribution in [0.2, 0.25) is 10.0 Å². The molecule has 2 aliphatic rings. The lowest BCUT2D eigenvalue weighted by molar-refractivity contribution is -0.141. The molecule has 4 nitrogen and oxygen atoms in total. The summed E-state index contributed by atoms with van der Waals surface area (Å²) in [5.74, 6) is 0.564. The number of nitrogens with zero attached hydrogens (tertiary/aromatic N) is 2. The zero-order valence-electron chi connectivity index (χ0n) is 13.6. The number of benzene rings is 1. The average molecular weight is 369 g/mol. The van der Waals surface area contributed by atoms with E-state index in [0.29, 0.717) is 42.6 Å². The Morgan fingerprint density at radius 1 is 0.958 bits per heavy atom. The largest absolute Gasteiger partial charge is 0.339 e. The summed E-state index contributed by atoms with van der Waals surface area (Å²) in [6.45, 7) is 2.50. The van der Waals surface area contributed by atoms with Crippen LogP contribution in [0.5, 0.6) is 0 Å². The van der Waals surface area contributed by atoms with Crippen LogP contribution in [0, 0.1) is 5.92 Å². The predicted molar refractivity (Wildman–Crippen MR) is 95.3 cm³/mol. The fraction of sp³-hybridized carbons (Fsp3) is 0.556. The number of piperazine rings is 1. The zero-order chi connectivity index (χ0) is 17.1. The monoisotopic (exact) mass is 368 g/mol. The first-order valence-corrected chi connectivity index (χ1v) is 9.30. The van der Waals surface area contributed by atoms with Crippen molar-refractivity contribution in [2.45, 2.75) is 32.1 Å². The van der Waals surface area contributed by atoms with Gasteiger partial charge in [-0.2, -0.15) is 0 Å². The minimum atomic E-state index is 0.0707. The van der Waals surface area contributed by atoms with Crippen LogP contribution in [-0.4, -0.2) is 47.8 Å². The second-order valence-electron chi connectivity index (χ2n) is 6.61. The number of halogens is 2. The van der Waals surface area contributed by atoms with Crippen molar-refractivity contribution < 1.29 is 9.59 Å².